The third-order valence-electron chi connectivity index (χ3n) is 6.49. The molecule has 1 aromatic rings. The van der Waals surface area contributed by atoms with Crippen LogP contribution in [0.25, 0.3) is 0 Å². The summed E-state index contributed by atoms with van der Waals surface area (Å²) in [5, 5.41) is 9.69. The first-order chi connectivity index (χ1) is 12.9. The molecule has 0 aliphatic carbocycles. The summed E-state index contributed by atoms with van der Waals surface area (Å²) < 4.78 is 33.7. The van der Waals surface area contributed by atoms with Crippen LogP contribution in [-0.2, 0) is 14.8 Å². The van der Waals surface area contributed by atoms with E-state index in [1.807, 2.05) is 19.1 Å². The Bertz CT molecular complexity index is 774. The van der Waals surface area contributed by atoms with Gasteiger partial charge in [-0.05, 0) is 49.7 Å². The minimum Gasteiger partial charge on any atom is -0.392 e. The number of aliphatic hydroxyl groups excluding tert-OH is 1. The number of β-amino-alcohol motifs (C(OH)–C–C–N with tert-alkyl or cyclic N) is 1. The van der Waals surface area contributed by atoms with Crippen molar-refractivity contribution < 1.29 is 18.3 Å². The van der Waals surface area contributed by atoms with E-state index in [4.69, 9.17) is 4.74 Å². The lowest BCUT2D eigenvalue weighted by molar-refractivity contribution is 0.0599. The second-order valence-corrected chi connectivity index (χ2v) is 10.4. The van der Waals surface area contributed by atoms with Gasteiger partial charge in [0.05, 0.1) is 23.7 Å². The van der Waals surface area contributed by atoms with Crippen LogP contribution in [0.1, 0.15) is 31.2 Å². The Morgan fingerprint density at radius 1 is 1.22 bits per heavy atom. The topological polar surface area (TPSA) is 70.1 Å². The highest BCUT2D eigenvalue weighted by atomic mass is 32.2. The Labute approximate surface area is 162 Å². The van der Waals surface area contributed by atoms with Crippen LogP contribution in [0.3, 0.4) is 0 Å². The predicted molar refractivity (Wildman–Crippen MR) is 103 cm³/mol. The summed E-state index contributed by atoms with van der Waals surface area (Å²) in [6.45, 7) is 6.27. The monoisotopic (exact) mass is 394 g/mol. The molecular formula is C20H30N2O4S. The number of piperidine rings is 1. The van der Waals surface area contributed by atoms with E-state index in [0.717, 1.165) is 57.5 Å². The summed E-state index contributed by atoms with van der Waals surface area (Å²) >= 11 is 0. The largest absolute Gasteiger partial charge is 0.392 e. The van der Waals surface area contributed by atoms with Crippen molar-refractivity contribution in [2.24, 2.45) is 5.41 Å². The highest BCUT2D eigenvalue weighted by Gasteiger charge is 2.45. The van der Waals surface area contributed by atoms with Crippen LogP contribution in [0.5, 0.6) is 0 Å². The van der Waals surface area contributed by atoms with Crippen LogP contribution in [0.15, 0.2) is 29.2 Å². The molecule has 150 valence electrons. The molecule has 3 aliphatic rings. The van der Waals surface area contributed by atoms with Crippen LogP contribution in [0, 0.1) is 12.3 Å². The van der Waals surface area contributed by atoms with Gasteiger partial charge in [-0.25, -0.2) is 8.42 Å². The Morgan fingerprint density at radius 2 is 1.96 bits per heavy atom. The molecule has 0 saturated carbocycles. The Kier molecular flexibility index (Phi) is 5.33. The van der Waals surface area contributed by atoms with Crippen molar-refractivity contribution >= 4 is 10.0 Å². The molecule has 6 nitrogen and oxygen atoms in total. The molecule has 3 saturated heterocycles. The Morgan fingerprint density at radius 3 is 2.63 bits per heavy atom. The van der Waals surface area contributed by atoms with Crippen molar-refractivity contribution in [1.82, 2.24) is 9.21 Å². The van der Waals surface area contributed by atoms with Crippen molar-refractivity contribution in [2.45, 2.75) is 49.7 Å². The number of rotatable bonds is 4. The molecule has 2 atom stereocenters. The number of likely N-dealkylation sites (tertiary alicyclic amines) is 1. The molecule has 0 aromatic heterocycles. The van der Waals surface area contributed by atoms with Gasteiger partial charge < -0.3 is 9.84 Å². The minimum atomic E-state index is -3.42. The average molecular weight is 395 g/mol. The van der Waals surface area contributed by atoms with Crippen molar-refractivity contribution in [2.75, 3.05) is 39.3 Å². The van der Waals surface area contributed by atoms with Crippen LogP contribution in [0.4, 0.5) is 0 Å². The van der Waals surface area contributed by atoms with Crippen molar-refractivity contribution in [3.8, 4) is 0 Å². The van der Waals surface area contributed by atoms with Gasteiger partial charge in [-0.3, -0.25) is 4.90 Å². The third kappa shape index (κ3) is 3.93. The van der Waals surface area contributed by atoms with Crippen molar-refractivity contribution in [1.29, 1.82) is 0 Å². The van der Waals surface area contributed by atoms with Crippen molar-refractivity contribution in [3.63, 3.8) is 0 Å². The minimum absolute atomic E-state index is 0.112. The lowest BCUT2D eigenvalue weighted by atomic mass is 9.77. The molecule has 0 unspecified atom stereocenters. The highest BCUT2D eigenvalue weighted by molar-refractivity contribution is 7.89. The second kappa shape index (κ2) is 7.44. The molecule has 0 amide bonds. The molecule has 7 heteroatoms. The zero-order chi connectivity index (χ0) is 19.1. The zero-order valence-corrected chi connectivity index (χ0v) is 16.8. The molecule has 1 spiro atoms. The van der Waals surface area contributed by atoms with Gasteiger partial charge in [-0.1, -0.05) is 18.2 Å². The quantitative estimate of drug-likeness (QED) is 0.840. The number of benzene rings is 1. The maximum absolute atomic E-state index is 13.0. The maximum atomic E-state index is 13.0. The van der Waals surface area contributed by atoms with E-state index in [1.165, 1.54) is 0 Å². The number of hydrogen-bond donors (Lipinski definition) is 1. The van der Waals surface area contributed by atoms with Gasteiger partial charge in [0, 0.05) is 32.7 Å². The van der Waals surface area contributed by atoms with Gasteiger partial charge in [0.2, 0.25) is 10.0 Å². The fraction of sp³-hybridized carbons (Fsp3) is 0.700. The fourth-order valence-electron chi connectivity index (χ4n) is 4.81. The smallest absolute Gasteiger partial charge is 0.243 e. The van der Waals surface area contributed by atoms with Crippen LogP contribution < -0.4 is 0 Å². The highest BCUT2D eigenvalue weighted by Crippen LogP contribution is 2.43. The van der Waals surface area contributed by atoms with Crippen LogP contribution in [0.2, 0.25) is 0 Å². The molecular weight excluding hydrogens is 364 g/mol. The Balaban J connectivity index is 1.36. The number of ether oxygens (including phenoxy) is 1. The van der Waals surface area contributed by atoms with E-state index in [9.17, 15) is 13.5 Å². The van der Waals surface area contributed by atoms with Gasteiger partial charge in [0.1, 0.15) is 0 Å². The van der Waals surface area contributed by atoms with E-state index in [0.29, 0.717) is 18.0 Å². The molecule has 0 radical (unpaired) electrons. The van der Waals surface area contributed by atoms with Gasteiger partial charge in [0.15, 0.2) is 0 Å². The first kappa shape index (κ1) is 19.3. The summed E-state index contributed by atoms with van der Waals surface area (Å²) in [6, 6.07) is 7.21. The first-order valence-electron chi connectivity index (χ1n) is 9.96. The van der Waals surface area contributed by atoms with Gasteiger partial charge >= 0.3 is 0 Å². The summed E-state index contributed by atoms with van der Waals surface area (Å²) in [5.74, 6) is 0. The summed E-state index contributed by atoms with van der Waals surface area (Å²) in [5.41, 5.74) is 0.913. The summed E-state index contributed by atoms with van der Waals surface area (Å²) in [7, 11) is -3.42. The first-order valence-corrected chi connectivity index (χ1v) is 11.4. The molecule has 1 N–H and O–H groups in total. The number of aryl methyl sites for hydroxylation is 1. The molecule has 3 fully saturated rings. The van der Waals surface area contributed by atoms with Gasteiger partial charge in [-0.15, -0.1) is 0 Å². The zero-order valence-electron chi connectivity index (χ0n) is 16.0. The average Bonchev–Trinajstić information content (AvgIpc) is 3.22. The number of hydrogen-bond acceptors (Lipinski definition) is 5. The molecule has 27 heavy (non-hydrogen) atoms. The van der Waals surface area contributed by atoms with Crippen LogP contribution in [-0.4, -0.2) is 74.3 Å². The summed E-state index contributed by atoms with van der Waals surface area (Å²) in [6.07, 6.45) is 3.57. The SMILES string of the molecule is Cc1ccccc1S(=O)(=O)N1CCC2(CC1)CO[C@@H](CN1CC[C@@H](O)C1)C2. The van der Waals surface area contributed by atoms with Crippen molar-refractivity contribution in [3.05, 3.63) is 29.8 Å². The predicted octanol–water partition coefficient (Wildman–Crippen LogP) is 1.62. The Hall–Kier alpha value is -0.990. The lowest BCUT2D eigenvalue weighted by Crippen LogP contribution is -2.43. The molecule has 1 aromatic carbocycles. The third-order valence-corrected chi connectivity index (χ3v) is 8.55. The molecule has 3 aliphatic heterocycles. The van der Waals surface area contributed by atoms with E-state index < -0.39 is 10.0 Å². The lowest BCUT2D eigenvalue weighted by Gasteiger charge is -2.38. The molecule has 3 heterocycles. The van der Waals surface area contributed by atoms with E-state index in [-0.39, 0.29) is 17.6 Å². The number of aliphatic hydroxyl groups is 1. The van der Waals surface area contributed by atoms with E-state index in [1.54, 1.807) is 16.4 Å². The standard InChI is InChI=1S/C20H30N2O4S/c1-16-4-2-3-5-19(16)27(24,25)22-10-7-20(8-11-22)12-18(26-15-20)14-21-9-6-17(23)13-21/h2-5,17-18,23H,6-15H2,1H3/t17-,18-/m1/s1. The fourth-order valence-corrected chi connectivity index (χ4v) is 6.48. The number of sulfonamides is 1. The maximum Gasteiger partial charge on any atom is 0.243 e. The van der Waals surface area contributed by atoms with Crippen LogP contribution >= 0.6 is 0 Å². The second-order valence-electron chi connectivity index (χ2n) is 8.51. The van der Waals surface area contributed by atoms with Gasteiger partial charge in [-0.2, -0.15) is 4.31 Å². The molecule has 0 bridgehead atoms. The van der Waals surface area contributed by atoms with E-state index in [2.05, 4.69) is 4.90 Å². The summed E-state index contributed by atoms with van der Waals surface area (Å²) in [4.78, 5) is 2.71. The van der Waals surface area contributed by atoms with E-state index >= 15 is 0 Å². The molecule has 4 rings (SSSR count). The normalized spacial score (nSPS) is 29.6. The number of nitrogens with zero attached hydrogens (tertiary/aromatic N) is 2. The van der Waals surface area contributed by atoms with Gasteiger partial charge in [0.25, 0.3) is 0 Å².